The highest BCUT2D eigenvalue weighted by molar-refractivity contribution is 8.05. The summed E-state index contributed by atoms with van der Waals surface area (Å²) in [5, 5.41) is 21.0. The van der Waals surface area contributed by atoms with Gasteiger partial charge in [-0.15, -0.1) is 0 Å². The van der Waals surface area contributed by atoms with Gasteiger partial charge in [0.25, 0.3) is 0 Å². The number of aliphatic hydroxyl groups excluding tert-OH is 2. The largest absolute Gasteiger partial charge is 0.389 e. The maximum atomic E-state index is 12.6. The van der Waals surface area contributed by atoms with Crippen LogP contribution in [0.5, 0.6) is 0 Å². The Morgan fingerprint density at radius 1 is 1.26 bits per heavy atom. The van der Waals surface area contributed by atoms with E-state index in [9.17, 15) is 27.9 Å². The second-order valence-electron chi connectivity index (χ2n) is 7.34. The minimum Gasteiger partial charge on any atom is -0.387 e. The van der Waals surface area contributed by atoms with Crippen molar-refractivity contribution in [3.63, 3.8) is 0 Å². The van der Waals surface area contributed by atoms with Crippen LogP contribution in [0, 0.1) is 0 Å². The zero-order chi connectivity index (χ0) is 25.1. The fourth-order valence-corrected chi connectivity index (χ4v) is 5.21. The number of imidazole rings is 1. The molecule has 0 saturated carbocycles. The van der Waals surface area contributed by atoms with Gasteiger partial charge in [0.05, 0.1) is 25.0 Å². The predicted octanol–water partition coefficient (Wildman–Crippen LogP) is 4.39. The van der Waals surface area contributed by atoms with Gasteiger partial charge in [-0.3, -0.25) is 9.13 Å². The van der Waals surface area contributed by atoms with Crippen LogP contribution in [0.4, 0.5) is 13.2 Å². The first-order valence-corrected chi connectivity index (χ1v) is 15.8. The lowest BCUT2D eigenvalue weighted by Gasteiger charge is -2.17. The Morgan fingerprint density at radius 2 is 2.00 bits per heavy atom. The molecule has 9 nitrogen and oxygen atoms in total. The predicted molar refractivity (Wildman–Crippen MR) is 125 cm³/mol. The van der Waals surface area contributed by atoms with Crippen molar-refractivity contribution in [3.8, 4) is 0 Å². The quantitative estimate of drug-likeness (QED) is 0.170. The molecule has 1 aliphatic rings. The minimum absolute atomic E-state index is 0.135. The first kappa shape index (κ1) is 28.3. The van der Waals surface area contributed by atoms with Crippen LogP contribution < -0.4 is 0 Å². The molecule has 2 N–H and O–H groups in total. The molecule has 4 atom stereocenters. The van der Waals surface area contributed by atoms with E-state index in [0.29, 0.717) is 17.6 Å². The number of nitrogens with zero attached hydrogens (tertiary/aromatic N) is 4. The molecule has 34 heavy (non-hydrogen) atoms. The van der Waals surface area contributed by atoms with Gasteiger partial charge >= 0.3 is 12.3 Å². The van der Waals surface area contributed by atoms with E-state index >= 15 is 0 Å². The number of hydrogen-bond donors (Lipinski definition) is 2. The summed E-state index contributed by atoms with van der Waals surface area (Å²) in [7, 11) is 0. The van der Waals surface area contributed by atoms with E-state index in [-0.39, 0.29) is 16.6 Å². The van der Waals surface area contributed by atoms with Gasteiger partial charge in [0.2, 0.25) is 0 Å². The SMILES string of the molecule is CSCCCc1nc(SCCC(F)(F)F)nc2c1ncn2[C@@H]1O[C@H](COP(=O)(Cl)Cl)[C@@H](O)[C@H]1O. The molecule has 0 unspecified atom stereocenters. The second-order valence-corrected chi connectivity index (χ2v) is 13.7. The topological polar surface area (TPSA) is 120 Å². The highest BCUT2D eigenvalue weighted by Crippen LogP contribution is 2.57. The average Bonchev–Trinajstić information content (AvgIpc) is 3.27. The molecule has 0 aromatic carbocycles. The molecule has 0 amide bonds. The summed E-state index contributed by atoms with van der Waals surface area (Å²) < 4.78 is 61.0. The van der Waals surface area contributed by atoms with Crippen molar-refractivity contribution in [3.05, 3.63) is 12.0 Å². The van der Waals surface area contributed by atoms with Gasteiger partial charge in [-0.2, -0.15) is 24.9 Å². The lowest BCUT2D eigenvalue weighted by atomic mass is 10.1. The van der Waals surface area contributed by atoms with Crippen molar-refractivity contribution in [2.45, 2.75) is 55.1 Å². The van der Waals surface area contributed by atoms with Crippen LogP contribution in [0.3, 0.4) is 0 Å². The third-order valence-corrected chi connectivity index (χ3v) is 7.43. The van der Waals surface area contributed by atoms with E-state index < -0.39 is 49.8 Å². The Labute approximate surface area is 211 Å². The molecule has 0 radical (unpaired) electrons. The molecule has 1 aliphatic heterocycles. The van der Waals surface area contributed by atoms with Gasteiger partial charge in [0.1, 0.15) is 23.8 Å². The van der Waals surface area contributed by atoms with Crippen molar-refractivity contribution in [1.82, 2.24) is 19.5 Å². The number of alkyl halides is 3. The van der Waals surface area contributed by atoms with Gasteiger partial charge < -0.3 is 19.5 Å². The molecule has 0 aliphatic carbocycles. The van der Waals surface area contributed by atoms with E-state index in [1.165, 1.54) is 10.9 Å². The molecule has 0 bridgehead atoms. The van der Waals surface area contributed by atoms with Crippen LogP contribution in [0.15, 0.2) is 11.5 Å². The molecule has 3 heterocycles. The number of hydrogen-bond acceptors (Lipinski definition) is 10. The van der Waals surface area contributed by atoms with Crippen LogP contribution in [-0.4, -0.2) is 78.6 Å². The summed E-state index contributed by atoms with van der Waals surface area (Å²) in [4.78, 5) is 13.1. The first-order valence-electron chi connectivity index (χ1n) is 9.97. The van der Waals surface area contributed by atoms with Crippen LogP contribution in [-0.2, 0) is 20.2 Å². The molecule has 2 aromatic rings. The van der Waals surface area contributed by atoms with Crippen LogP contribution in [0.1, 0.15) is 24.8 Å². The number of fused-ring (bicyclic) bond motifs is 1. The standard InChI is InChI=1S/C17H22Cl2F3N4O5PS2/c1-33-5-2-3-9-11-14(25-16(24-9)34-6-4-17(20,21)22)26(8-23-11)15-13(28)12(27)10(31-15)7-30-32(18,19)29/h8,10,12-13,15,27-28H,2-7H2,1H3/t10-,12-,13-,15-/m1/s1. The van der Waals surface area contributed by atoms with Gasteiger partial charge in [0.15, 0.2) is 17.0 Å². The third kappa shape index (κ3) is 7.59. The normalized spacial score (nSPS) is 23.8. The average molecular weight is 585 g/mol. The van der Waals surface area contributed by atoms with Crippen molar-refractivity contribution >= 4 is 63.2 Å². The Hall–Kier alpha value is -0.310. The summed E-state index contributed by atoms with van der Waals surface area (Å²) in [6.07, 6.45) is -9.70. The van der Waals surface area contributed by atoms with E-state index in [1.807, 2.05) is 6.26 Å². The van der Waals surface area contributed by atoms with Gasteiger partial charge in [0, 0.05) is 5.75 Å². The van der Waals surface area contributed by atoms with Crippen LogP contribution in [0.25, 0.3) is 11.2 Å². The first-order chi connectivity index (χ1) is 15.9. The number of thioether (sulfide) groups is 2. The van der Waals surface area contributed by atoms with Gasteiger partial charge in [-0.1, -0.05) is 11.8 Å². The van der Waals surface area contributed by atoms with Crippen molar-refractivity contribution in [2.75, 3.05) is 24.4 Å². The lowest BCUT2D eigenvalue weighted by molar-refractivity contribution is -0.129. The molecular weight excluding hydrogens is 563 g/mol. The Kier molecular flexibility index (Phi) is 9.83. The fraction of sp³-hybridized carbons (Fsp3) is 0.706. The smallest absolute Gasteiger partial charge is 0.387 e. The zero-order valence-corrected chi connectivity index (χ0v) is 21.7. The molecule has 1 saturated heterocycles. The highest BCUT2D eigenvalue weighted by atomic mass is 35.9. The lowest BCUT2D eigenvalue weighted by Crippen LogP contribution is -2.33. The van der Waals surface area contributed by atoms with E-state index in [1.54, 1.807) is 11.8 Å². The number of aromatic nitrogens is 4. The molecule has 1 fully saturated rings. The Morgan fingerprint density at radius 3 is 2.65 bits per heavy atom. The molecular formula is C17H22Cl2F3N4O5PS2. The number of aryl methyl sites for hydroxylation is 1. The number of aliphatic hydroxyl groups is 2. The molecule has 2 aromatic heterocycles. The van der Waals surface area contributed by atoms with E-state index in [0.717, 1.165) is 23.9 Å². The zero-order valence-electron chi connectivity index (χ0n) is 17.7. The Balaban J connectivity index is 1.89. The second kappa shape index (κ2) is 11.8. The third-order valence-electron chi connectivity index (χ3n) is 4.85. The number of ether oxygens (including phenoxy) is 1. The fourth-order valence-electron chi connectivity index (χ4n) is 3.28. The molecule has 3 rings (SSSR count). The van der Waals surface area contributed by atoms with Gasteiger partial charge in [-0.25, -0.2) is 15.0 Å². The highest BCUT2D eigenvalue weighted by Gasteiger charge is 2.45. The maximum absolute atomic E-state index is 12.6. The van der Waals surface area contributed by atoms with Crippen molar-refractivity contribution in [2.24, 2.45) is 0 Å². The monoisotopic (exact) mass is 584 g/mol. The molecule has 192 valence electrons. The van der Waals surface area contributed by atoms with Crippen LogP contribution >= 0.6 is 52.1 Å². The molecule has 17 heteroatoms. The van der Waals surface area contributed by atoms with E-state index in [2.05, 4.69) is 15.0 Å². The van der Waals surface area contributed by atoms with Crippen molar-refractivity contribution in [1.29, 1.82) is 0 Å². The maximum Gasteiger partial charge on any atom is 0.389 e. The number of halogens is 5. The summed E-state index contributed by atoms with van der Waals surface area (Å²) in [5.74, 6) is 0.594. The van der Waals surface area contributed by atoms with Crippen molar-refractivity contribution < 1.29 is 37.2 Å². The summed E-state index contributed by atoms with van der Waals surface area (Å²) in [6.45, 7) is -0.445. The number of rotatable bonds is 11. The summed E-state index contributed by atoms with van der Waals surface area (Å²) in [6, 6.07) is 0. The summed E-state index contributed by atoms with van der Waals surface area (Å²) in [5.41, 5.74) is 1.21. The van der Waals surface area contributed by atoms with E-state index in [4.69, 9.17) is 31.7 Å². The summed E-state index contributed by atoms with van der Waals surface area (Å²) >= 11 is 13.2. The molecule has 0 spiro atoms. The minimum atomic E-state index is -4.30. The van der Waals surface area contributed by atoms with Crippen LogP contribution in [0.2, 0.25) is 0 Å². The van der Waals surface area contributed by atoms with Gasteiger partial charge in [-0.05, 0) is 47.3 Å². The Bertz CT molecular complexity index is 1030.